The standard InChI is InChI=1S/C13H19N3O2/c1-18-11-5-2-4-10-13(11)16(8-3-7-14)9-6-12(17)15-10/h2,4-5H,3,6-9,14H2,1H3,(H,15,17). The smallest absolute Gasteiger partial charge is 0.226 e. The fourth-order valence-corrected chi connectivity index (χ4v) is 2.18. The third kappa shape index (κ3) is 2.56. The Balaban J connectivity index is 2.37. The molecule has 0 radical (unpaired) electrons. The molecule has 5 nitrogen and oxygen atoms in total. The number of hydrogen-bond acceptors (Lipinski definition) is 4. The van der Waals surface area contributed by atoms with E-state index in [0.29, 0.717) is 19.5 Å². The first kappa shape index (κ1) is 12.7. The third-order valence-corrected chi connectivity index (χ3v) is 3.05. The fraction of sp³-hybridized carbons (Fsp3) is 0.462. The summed E-state index contributed by atoms with van der Waals surface area (Å²) in [7, 11) is 1.64. The van der Waals surface area contributed by atoms with Gasteiger partial charge in [-0.3, -0.25) is 4.79 Å². The Hall–Kier alpha value is -1.75. The molecular weight excluding hydrogens is 230 g/mol. The summed E-state index contributed by atoms with van der Waals surface area (Å²) in [6.07, 6.45) is 1.38. The lowest BCUT2D eigenvalue weighted by Crippen LogP contribution is -2.27. The van der Waals surface area contributed by atoms with Gasteiger partial charge in [0.2, 0.25) is 5.91 Å². The molecule has 1 amide bonds. The molecular formula is C13H19N3O2. The number of benzene rings is 1. The first-order chi connectivity index (χ1) is 8.76. The molecule has 0 spiro atoms. The van der Waals surface area contributed by atoms with E-state index < -0.39 is 0 Å². The highest BCUT2D eigenvalue weighted by Gasteiger charge is 2.21. The van der Waals surface area contributed by atoms with Crippen molar-refractivity contribution in [3.05, 3.63) is 18.2 Å². The van der Waals surface area contributed by atoms with Crippen molar-refractivity contribution in [1.29, 1.82) is 0 Å². The van der Waals surface area contributed by atoms with Gasteiger partial charge in [-0.25, -0.2) is 0 Å². The maximum Gasteiger partial charge on any atom is 0.226 e. The molecule has 5 heteroatoms. The minimum atomic E-state index is 0.0414. The average molecular weight is 249 g/mol. The van der Waals surface area contributed by atoms with E-state index in [1.54, 1.807) is 7.11 Å². The lowest BCUT2D eigenvalue weighted by molar-refractivity contribution is -0.115. The summed E-state index contributed by atoms with van der Waals surface area (Å²) in [6.45, 7) is 2.17. The number of fused-ring (bicyclic) bond motifs is 1. The average Bonchev–Trinajstić information content (AvgIpc) is 2.54. The van der Waals surface area contributed by atoms with Crippen molar-refractivity contribution in [2.24, 2.45) is 5.73 Å². The highest BCUT2D eigenvalue weighted by atomic mass is 16.5. The lowest BCUT2D eigenvalue weighted by atomic mass is 10.2. The van der Waals surface area contributed by atoms with E-state index in [1.807, 2.05) is 18.2 Å². The maximum atomic E-state index is 11.7. The molecule has 0 aromatic heterocycles. The van der Waals surface area contributed by atoms with Crippen LogP contribution >= 0.6 is 0 Å². The number of nitrogens with two attached hydrogens (primary N) is 1. The van der Waals surface area contributed by atoms with Crippen LogP contribution in [0.15, 0.2) is 18.2 Å². The van der Waals surface area contributed by atoms with Crippen LogP contribution in [0.25, 0.3) is 0 Å². The lowest BCUT2D eigenvalue weighted by Gasteiger charge is -2.25. The van der Waals surface area contributed by atoms with Crippen molar-refractivity contribution in [1.82, 2.24) is 0 Å². The Morgan fingerprint density at radius 1 is 1.50 bits per heavy atom. The molecule has 18 heavy (non-hydrogen) atoms. The van der Waals surface area contributed by atoms with Crippen molar-refractivity contribution in [3.8, 4) is 5.75 Å². The van der Waals surface area contributed by atoms with Crippen LogP contribution in [0.2, 0.25) is 0 Å². The topological polar surface area (TPSA) is 67.6 Å². The SMILES string of the molecule is COc1cccc2c1N(CCCN)CCC(=O)N2. The van der Waals surface area contributed by atoms with Crippen molar-refractivity contribution in [2.45, 2.75) is 12.8 Å². The molecule has 98 valence electrons. The number of rotatable bonds is 4. The molecule has 0 fully saturated rings. The number of anilines is 2. The molecule has 1 aliphatic rings. The number of para-hydroxylation sites is 1. The van der Waals surface area contributed by atoms with Crippen LogP contribution in [-0.4, -0.2) is 32.7 Å². The monoisotopic (exact) mass is 249 g/mol. The second-order valence-electron chi connectivity index (χ2n) is 4.28. The molecule has 0 unspecified atom stereocenters. The van der Waals surface area contributed by atoms with Crippen LogP contribution < -0.4 is 20.7 Å². The molecule has 1 heterocycles. The van der Waals surface area contributed by atoms with E-state index in [2.05, 4.69) is 10.2 Å². The number of carbonyl (C=O) groups is 1. The minimum Gasteiger partial charge on any atom is -0.495 e. The molecule has 0 aliphatic carbocycles. The summed E-state index contributed by atoms with van der Waals surface area (Å²) in [6, 6.07) is 5.69. The van der Waals surface area contributed by atoms with Gasteiger partial charge in [0.25, 0.3) is 0 Å². The quantitative estimate of drug-likeness (QED) is 0.841. The summed E-state index contributed by atoms with van der Waals surface area (Å²) in [5, 5.41) is 2.91. The van der Waals surface area contributed by atoms with Crippen molar-refractivity contribution < 1.29 is 9.53 Å². The molecule has 2 rings (SSSR count). The molecule has 0 saturated heterocycles. The number of ether oxygens (including phenoxy) is 1. The largest absolute Gasteiger partial charge is 0.495 e. The number of methoxy groups -OCH3 is 1. The number of nitrogens with zero attached hydrogens (tertiary/aromatic N) is 1. The predicted octanol–water partition coefficient (Wildman–Crippen LogP) is 1.19. The van der Waals surface area contributed by atoms with Gasteiger partial charge < -0.3 is 20.7 Å². The molecule has 1 aromatic carbocycles. The van der Waals surface area contributed by atoms with Gasteiger partial charge >= 0.3 is 0 Å². The minimum absolute atomic E-state index is 0.0414. The van der Waals surface area contributed by atoms with E-state index in [9.17, 15) is 4.79 Å². The fourth-order valence-electron chi connectivity index (χ4n) is 2.18. The zero-order valence-corrected chi connectivity index (χ0v) is 10.6. The van der Waals surface area contributed by atoms with E-state index in [4.69, 9.17) is 10.5 Å². The molecule has 3 N–H and O–H groups in total. The summed E-state index contributed by atoms with van der Waals surface area (Å²) in [5.41, 5.74) is 7.33. The van der Waals surface area contributed by atoms with Crippen LogP contribution in [0.3, 0.4) is 0 Å². The van der Waals surface area contributed by atoms with Crippen molar-refractivity contribution >= 4 is 17.3 Å². The number of amides is 1. The van der Waals surface area contributed by atoms with Gasteiger partial charge in [0.15, 0.2) is 0 Å². The Morgan fingerprint density at radius 2 is 2.33 bits per heavy atom. The van der Waals surface area contributed by atoms with Crippen molar-refractivity contribution in [2.75, 3.05) is 37.0 Å². The molecule has 1 aromatic rings. The zero-order valence-electron chi connectivity index (χ0n) is 10.6. The number of nitrogens with one attached hydrogen (secondary N) is 1. The zero-order chi connectivity index (χ0) is 13.0. The Labute approximate surface area is 107 Å². The van der Waals surface area contributed by atoms with Gasteiger partial charge in [0.05, 0.1) is 12.8 Å². The second kappa shape index (κ2) is 5.73. The normalized spacial score (nSPS) is 14.8. The molecule has 0 bridgehead atoms. The highest BCUT2D eigenvalue weighted by Crippen LogP contribution is 2.37. The van der Waals surface area contributed by atoms with Crippen LogP contribution in [0.1, 0.15) is 12.8 Å². The van der Waals surface area contributed by atoms with Gasteiger partial charge in [-0.1, -0.05) is 6.07 Å². The maximum absolute atomic E-state index is 11.7. The van der Waals surface area contributed by atoms with E-state index in [1.165, 1.54) is 0 Å². The molecule has 0 atom stereocenters. The molecule has 0 saturated carbocycles. The second-order valence-corrected chi connectivity index (χ2v) is 4.28. The van der Waals surface area contributed by atoms with Crippen LogP contribution in [0.5, 0.6) is 5.75 Å². The number of carbonyl (C=O) groups excluding carboxylic acids is 1. The number of hydrogen-bond donors (Lipinski definition) is 2. The summed E-state index contributed by atoms with van der Waals surface area (Å²) in [4.78, 5) is 13.8. The highest BCUT2D eigenvalue weighted by molar-refractivity contribution is 5.97. The van der Waals surface area contributed by atoms with Crippen LogP contribution in [0.4, 0.5) is 11.4 Å². The van der Waals surface area contributed by atoms with E-state index in [0.717, 1.165) is 30.1 Å². The van der Waals surface area contributed by atoms with Gasteiger partial charge in [0.1, 0.15) is 11.4 Å². The van der Waals surface area contributed by atoms with E-state index >= 15 is 0 Å². The molecule has 1 aliphatic heterocycles. The predicted molar refractivity (Wildman–Crippen MR) is 72.1 cm³/mol. The van der Waals surface area contributed by atoms with Crippen LogP contribution in [-0.2, 0) is 4.79 Å². The Morgan fingerprint density at radius 3 is 3.06 bits per heavy atom. The van der Waals surface area contributed by atoms with Gasteiger partial charge in [-0.15, -0.1) is 0 Å². The summed E-state index contributed by atoms with van der Waals surface area (Å²) in [5.74, 6) is 0.825. The van der Waals surface area contributed by atoms with Gasteiger partial charge in [0, 0.05) is 19.5 Å². The first-order valence-electron chi connectivity index (χ1n) is 6.18. The van der Waals surface area contributed by atoms with Crippen molar-refractivity contribution in [3.63, 3.8) is 0 Å². The van der Waals surface area contributed by atoms with Gasteiger partial charge in [-0.2, -0.15) is 0 Å². The first-order valence-corrected chi connectivity index (χ1v) is 6.18. The third-order valence-electron chi connectivity index (χ3n) is 3.05. The summed E-state index contributed by atoms with van der Waals surface area (Å²) < 4.78 is 5.39. The van der Waals surface area contributed by atoms with Gasteiger partial charge in [-0.05, 0) is 25.1 Å². The van der Waals surface area contributed by atoms with Crippen LogP contribution in [0, 0.1) is 0 Å². The summed E-state index contributed by atoms with van der Waals surface area (Å²) >= 11 is 0. The Bertz CT molecular complexity index is 434. The Kier molecular flexibility index (Phi) is 4.04. The van der Waals surface area contributed by atoms with E-state index in [-0.39, 0.29) is 5.91 Å².